The summed E-state index contributed by atoms with van der Waals surface area (Å²) in [4.78, 5) is 0. The number of hydrogen-bond donors (Lipinski definition) is 0. The highest BCUT2D eigenvalue weighted by Crippen LogP contribution is 2.12. The molecule has 0 spiro atoms. The van der Waals surface area contributed by atoms with Gasteiger partial charge in [-0.25, -0.2) is 0 Å². The van der Waals surface area contributed by atoms with Gasteiger partial charge in [-0.1, -0.05) is 123 Å². The quantitative estimate of drug-likeness (QED) is 0.194. The van der Waals surface area contributed by atoms with E-state index in [4.69, 9.17) is 0 Å². The van der Waals surface area contributed by atoms with Crippen molar-refractivity contribution in [2.75, 3.05) is 0 Å². The molecular formula is C24H47. The van der Waals surface area contributed by atoms with Crippen LogP contribution in [0.15, 0.2) is 6.08 Å². The smallest absolute Gasteiger partial charge is 0.0279 e. The van der Waals surface area contributed by atoms with Crippen LogP contribution in [0.3, 0.4) is 0 Å². The van der Waals surface area contributed by atoms with Crippen molar-refractivity contribution in [1.29, 1.82) is 0 Å². The molecule has 24 heavy (non-hydrogen) atoms. The molecule has 0 aromatic carbocycles. The summed E-state index contributed by atoms with van der Waals surface area (Å²) in [6.07, 6.45) is 33.9. The minimum Gasteiger partial charge on any atom is -0.0811 e. The Morgan fingerprint density at radius 1 is 0.458 bits per heavy atom. The van der Waals surface area contributed by atoms with Crippen LogP contribution in [0.25, 0.3) is 0 Å². The highest BCUT2D eigenvalue weighted by Gasteiger charge is 1.92. The van der Waals surface area contributed by atoms with E-state index in [9.17, 15) is 0 Å². The van der Waals surface area contributed by atoms with Crippen LogP contribution < -0.4 is 0 Å². The average Bonchev–Trinajstić information content (AvgIpc) is 2.60. The van der Waals surface area contributed by atoms with Crippen molar-refractivity contribution in [3.8, 4) is 0 Å². The Hall–Kier alpha value is -0.260. The van der Waals surface area contributed by atoms with Crippen LogP contribution in [-0.4, -0.2) is 0 Å². The lowest BCUT2D eigenvalue weighted by molar-refractivity contribution is 0.563. The molecule has 0 amide bonds. The van der Waals surface area contributed by atoms with Crippen molar-refractivity contribution in [1.82, 2.24) is 0 Å². The molecule has 0 heteroatoms. The Labute approximate surface area is 154 Å². The van der Waals surface area contributed by atoms with E-state index in [0.717, 1.165) is 0 Å². The number of allylic oxidation sites excluding steroid dienone is 2. The van der Waals surface area contributed by atoms with E-state index in [1.54, 1.807) is 0 Å². The van der Waals surface area contributed by atoms with Crippen LogP contribution in [-0.2, 0) is 0 Å². The molecule has 0 aliphatic carbocycles. The lowest BCUT2D eigenvalue weighted by Gasteiger charge is -2.01. The van der Waals surface area contributed by atoms with Crippen LogP contribution >= 0.6 is 0 Å². The van der Waals surface area contributed by atoms with Gasteiger partial charge in [-0.15, -0.1) is 0 Å². The molecule has 0 aliphatic rings. The van der Waals surface area contributed by atoms with Gasteiger partial charge in [0.2, 0.25) is 0 Å². The Morgan fingerprint density at radius 3 is 1.29 bits per heavy atom. The standard InChI is InChI=1S/C24H47/c1-3-5-7-9-11-13-15-17-19-21-23-24-22-20-18-16-14-12-10-8-6-4-2/h23H,3-22H2,1-2H3. The molecule has 0 saturated carbocycles. The highest BCUT2D eigenvalue weighted by atomic mass is 14.0. The first-order valence-corrected chi connectivity index (χ1v) is 11.5. The van der Waals surface area contributed by atoms with Gasteiger partial charge in [0.1, 0.15) is 0 Å². The molecule has 0 heterocycles. The maximum absolute atomic E-state index is 3.50. The van der Waals surface area contributed by atoms with Crippen molar-refractivity contribution < 1.29 is 0 Å². The van der Waals surface area contributed by atoms with E-state index in [1.807, 2.05) is 0 Å². The molecule has 0 aromatic heterocycles. The third-order valence-electron chi connectivity index (χ3n) is 5.02. The van der Waals surface area contributed by atoms with Crippen molar-refractivity contribution in [3.63, 3.8) is 0 Å². The highest BCUT2D eigenvalue weighted by molar-refractivity contribution is 4.73. The number of rotatable bonds is 20. The molecule has 0 N–H and O–H groups in total. The fraction of sp³-hybridized carbons (Fsp3) is 0.917. The van der Waals surface area contributed by atoms with Crippen molar-refractivity contribution in [2.24, 2.45) is 0 Å². The first kappa shape index (κ1) is 23.7. The van der Waals surface area contributed by atoms with E-state index in [0.29, 0.717) is 0 Å². The second-order valence-electron chi connectivity index (χ2n) is 7.60. The second kappa shape index (κ2) is 22.7. The Kier molecular flexibility index (Phi) is 22.5. The van der Waals surface area contributed by atoms with Crippen LogP contribution in [0.4, 0.5) is 0 Å². The van der Waals surface area contributed by atoms with Crippen molar-refractivity contribution in [3.05, 3.63) is 12.2 Å². The zero-order chi connectivity index (χ0) is 17.6. The molecule has 143 valence electrons. The predicted octanol–water partition coefficient (Wildman–Crippen LogP) is 9.19. The maximum atomic E-state index is 3.50. The van der Waals surface area contributed by atoms with Crippen LogP contribution in [0, 0.1) is 6.08 Å². The Balaban J connectivity index is 3.04. The minimum absolute atomic E-state index is 1.19. The number of hydrogen-bond acceptors (Lipinski definition) is 0. The van der Waals surface area contributed by atoms with Gasteiger partial charge in [0.05, 0.1) is 0 Å². The van der Waals surface area contributed by atoms with E-state index >= 15 is 0 Å². The summed E-state index contributed by atoms with van der Waals surface area (Å²) in [5, 5.41) is 0. The second-order valence-corrected chi connectivity index (χ2v) is 7.60. The Morgan fingerprint density at radius 2 is 0.833 bits per heavy atom. The summed E-state index contributed by atoms with van der Waals surface area (Å²) >= 11 is 0. The molecule has 0 nitrogen and oxygen atoms in total. The molecule has 0 atom stereocenters. The van der Waals surface area contributed by atoms with Gasteiger partial charge in [0.15, 0.2) is 0 Å². The van der Waals surface area contributed by atoms with Gasteiger partial charge in [0.25, 0.3) is 0 Å². The van der Waals surface area contributed by atoms with E-state index < -0.39 is 0 Å². The molecule has 0 unspecified atom stereocenters. The summed E-state index contributed by atoms with van der Waals surface area (Å²) in [6.45, 7) is 4.58. The van der Waals surface area contributed by atoms with Crippen LogP contribution in [0.2, 0.25) is 0 Å². The van der Waals surface area contributed by atoms with Crippen LogP contribution in [0.5, 0.6) is 0 Å². The van der Waals surface area contributed by atoms with E-state index in [-0.39, 0.29) is 0 Å². The lowest BCUT2D eigenvalue weighted by atomic mass is 10.1. The molecule has 0 aliphatic heterocycles. The minimum atomic E-state index is 1.19. The average molecular weight is 336 g/mol. The fourth-order valence-electron chi connectivity index (χ4n) is 3.30. The topological polar surface area (TPSA) is 0 Å². The lowest BCUT2D eigenvalue weighted by Crippen LogP contribution is -1.81. The van der Waals surface area contributed by atoms with Crippen LogP contribution in [0.1, 0.15) is 142 Å². The van der Waals surface area contributed by atoms with Gasteiger partial charge >= 0.3 is 0 Å². The molecule has 0 aromatic rings. The van der Waals surface area contributed by atoms with Gasteiger partial charge in [-0.2, -0.15) is 0 Å². The normalized spacial score (nSPS) is 11.6. The van der Waals surface area contributed by atoms with Gasteiger partial charge < -0.3 is 0 Å². The Bertz CT molecular complexity index is 204. The van der Waals surface area contributed by atoms with Crippen molar-refractivity contribution >= 4 is 0 Å². The summed E-state index contributed by atoms with van der Waals surface area (Å²) in [5.74, 6) is 0. The van der Waals surface area contributed by atoms with E-state index in [1.165, 1.54) is 128 Å². The summed E-state index contributed by atoms with van der Waals surface area (Å²) in [5.41, 5.74) is 0. The molecule has 0 bridgehead atoms. The van der Waals surface area contributed by atoms with Gasteiger partial charge in [-0.05, 0) is 31.8 Å². The van der Waals surface area contributed by atoms with E-state index in [2.05, 4.69) is 26.0 Å². The summed E-state index contributed by atoms with van der Waals surface area (Å²) in [7, 11) is 0. The largest absolute Gasteiger partial charge is 0.0811 e. The third-order valence-corrected chi connectivity index (χ3v) is 5.02. The molecule has 1 radical (unpaired) electrons. The maximum Gasteiger partial charge on any atom is -0.0279 e. The molecular weight excluding hydrogens is 288 g/mol. The summed E-state index contributed by atoms with van der Waals surface area (Å²) in [6, 6.07) is 0. The van der Waals surface area contributed by atoms with Crippen molar-refractivity contribution in [2.45, 2.75) is 142 Å². The zero-order valence-corrected chi connectivity index (χ0v) is 17.2. The van der Waals surface area contributed by atoms with Gasteiger partial charge in [-0.3, -0.25) is 0 Å². The monoisotopic (exact) mass is 335 g/mol. The number of unbranched alkanes of at least 4 members (excludes halogenated alkanes) is 18. The zero-order valence-electron chi connectivity index (χ0n) is 17.2. The predicted molar refractivity (Wildman–Crippen MR) is 112 cm³/mol. The third kappa shape index (κ3) is 21.7. The van der Waals surface area contributed by atoms with Gasteiger partial charge in [0, 0.05) is 0 Å². The first-order chi connectivity index (χ1) is 11.9. The first-order valence-electron chi connectivity index (χ1n) is 11.5. The SMILES string of the molecule is CCCCCCCCCCC[C]=CCCCCCCCCCCC. The molecule has 0 fully saturated rings. The molecule has 0 saturated heterocycles. The fourth-order valence-corrected chi connectivity index (χ4v) is 3.30. The summed E-state index contributed by atoms with van der Waals surface area (Å²) < 4.78 is 0. The molecule has 0 rings (SSSR count).